The van der Waals surface area contributed by atoms with Crippen LogP contribution in [0.2, 0.25) is 0 Å². The summed E-state index contributed by atoms with van der Waals surface area (Å²) in [6.07, 6.45) is 1.85. The molecule has 2 heterocycles. The highest BCUT2D eigenvalue weighted by atomic mass is 15.0. The Morgan fingerprint density at radius 3 is 1.60 bits per heavy atom. The Balaban J connectivity index is 1.13. The minimum Gasteiger partial charge on any atom is -0.309 e. The predicted octanol–water partition coefficient (Wildman–Crippen LogP) is 12.1. The number of hydrogen-bond donors (Lipinski definition) is 0. The molecule has 0 aliphatic rings. The van der Waals surface area contributed by atoms with E-state index in [1.165, 1.54) is 82.1 Å². The summed E-state index contributed by atoms with van der Waals surface area (Å²) in [4.78, 5) is 4.60. The Labute approximate surface area is 272 Å². The first-order valence-corrected chi connectivity index (χ1v) is 16.1. The van der Waals surface area contributed by atoms with Gasteiger partial charge in [-0.25, -0.2) is 0 Å². The van der Waals surface area contributed by atoms with E-state index in [9.17, 15) is 0 Å². The fourth-order valence-electron chi connectivity index (χ4n) is 7.67. The van der Waals surface area contributed by atoms with Crippen molar-refractivity contribution in [2.45, 2.75) is 0 Å². The Bertz CT molecular complexity index is 2720. The third-order valence-corrected chi connectivity index (χ3v) is 9.82. The van der Waals surface area contributed by atoms with Crippen molar-refractivity contribution in [2.24, 2.45) is 0 Å². The van der Waals surface area contributed by atoms with Crippen molar-refractivity contribution in [3.63, 3.8) is 0 Å². The van der Waals surface area contributed by atoms with Gasteiger partial charge in [-0.2, -0.15) is 0 Å². The molecular weight excluding hydrogens is 569 g/mol. The number of pyridine rings is 1. The average Bonchev–Trinajstić information content (AvgIpc) is 3.48. The molecule has 0 fully saturated rings. The number of aromatic nitrogens is 2. The van der Waals surface area contributed by atoms with Gasteiger partial charge in [0.15, 0.2) is 0 Å². The second-order valence-electron chi connectivity index (χ2n) is 12.4. The molecule has 0 saturated heterocycles. The summed E-state index contributed by atoms with van der Waals surface area (Å²) in [7, 11) is 0. The van der Waals surface area contributed by atoms with Crippen LogP contribution in [0, 0.1) is 0 Å². The summed E-state index contributed by atoms with van der Waals surface area (Å²) in [6, 6.07) is 59.6. The van der Waals surface area contributed by atoms with Gasteiger partial charge in [-0.05, 0) is 97.0 Å². The first-order chi connectivity index (χ1) is 23.3. The molecule has 10 rings (SSSR count). The molecule has 8 aromatic carbocycles. The lowest BCUT2D eigenvalue weighted by Crippen LogP contribution is -1.94. The molecule has 0 amide bonds. The van der Waals surface area contributed by atoms with Crippen molar-refractivity contribution in [3.05, 3.63) is 170 Å². The number of hydrogen-bond acceptors (Lipinski definition) is 1. The van der Waals surface area contributed by atoms with E-state index < -0.39 is 0 Å². The Morgan fingerprint density at radius 2 is 0.957 bits per heavy atom. The second-order valence-corrected chi connectivity index (χ2v) is 12.4. The molecule has 0 aliphatic carbocycles. The predicted molar refractivity (Wildman–Crippen MR) is 199 cm³/mol. The van der Waals surface area contributed by atoms with E-state index >= 15 is 0 Å². The van der Waals surface area contributed by atoms with E-state index in [2.05, 4.69) is 161 Å². The third-order valence-electron chi connectivity index (χ3n) is 9.82. The maximum atomic E-state index is 4.60. The van der Waals surface area contributed by atoms with Gasteiger partial charge in [0.25, 0.3) is 0 Å². The molecule has 0 aliphatic heterocycles. The number of fused-ring (bicyclic) bond motifs is 3. The molecule has 0 atom stereocenters. The van der Waals surface area contributed by atoms with Gasteiger partial charge in [0.05, 0.1) is 16.7 Å². The van der Waals surface area contributed by atoms with E-state index in [0.717, 1.165) is 11.3 Å². The fraction of sp³-hybridized carbons (Fsp3) is 0. The van der Waals surface area contributed by atoms with Gasteiger partial charge in [-0.1, -0.05) is 121 Å². The van der Waals surface area contributed by atoms with Crippen molar-refractivity contribution >= 4 is 54.1 Å². The van der Waals surface area contributed by atoms with E-state index in [0.29, 0.717) is 0 Å². The number of benzene rings is 8. The molecule has 0 bridgehead atoms. The quantitative estimate of drug-likeness (QED) is 0.185. The van der Waals surface area contributed by atoms with E-state index in [-0.39, 0.29) is 0 Å². The largest absolute Gasteiger partial charge is 0.309 e. The molecule has 0 N–H and O–H groups in total. The maximum absolute atomic E-state index is 4.60. The smallest absolute Gasteiger partial charge is 0.0702 e. The van der Waals surface area contributed by atoms with Crippen LogP contribution in [0.3, 0.4) is 0 Å². The monoisotopic (exact) mass is 596 g/mol. The lowest BCUT2D eigenvalue weighted by atomic mass is 9.87. The van der Waals surface area contributed by atoms with E-state index in [4.69, 9.17) is 0 Å². The van der Waals surface area contributed by atoms with Gasteiger partial charge >= 0.3 is 0 Å². The highest BCUT2D eigenvalue weighted by Crippen LogP contribution is 2.43. The zero-order valence-corrected chi connectivity index (χ0v) is 25.6. The molecule has 47 heavy (non-hydrogen) atoms. The van der Waals surface area contributed by atoms with Gasteiger partial charge < -0.3 is 4.57 Å². The van der Waals surface area contributed by atoms with Gasteiger partial charge in [-0.15, -0.1) is 0 Å². The van der Waals surface area contributed by atoms with E-state index in [1.54, 1.807) is 0 Å². The summed E-state index contributed by atoms with van der Waals surface area (Å²) in [5.74, 6) is 0. The molecule has 0 unspecified atom stereocenters. The van der Waals surface area contributed by atoms with Crippen molar-refractivity contribution in [2.75, 3.05) is 0 Å². The highest BCUT2D eigenvalue weighted by Gasteiger charge is 2.16. The zero-order valence-electron chi connectivity index (χ0n) is 25.6. The van der Waals surface area contributed by atoms with Crippen LogP contribution in [-0.2, 0) is 0 Å². The topological polar surface area (TPSA) is 17.8 Å². The zero-order chi connectivity index (χ0) is 30.9. The Kier molecular flexibility index (Phi) is 5.61. The average molecular weight is 597 g/mol. The molecule has 2 heteroatoms. The van der Waals surface area contributed by atoms with Gasteiger partial charge in [0.1, 0.15) is 0 Å². The molecular formula is C45H28N2. The van der Waals surface area contributed by atoms with Crippen molar-refractivity contribution in [3.8, 4) is 39.2 Å². The van der Waals surface area contributed by atoms with Crippen LogP contribution < -0.4 is 0 Å². The molecule has 2 aromatic heterocycles. The normalized spacial score (nSPS) is 11.8. The molecule has 0 saturated carbocycles. The minimum absolute atomic E-state index is 0.987. The summed E-state index contributed by atoms with van der Waals surface area (Å²) in [5.41, 5.74) is 10.6. The fourth-order valence-corrected chi connectivity index (χ4v) is 7.67. The van der Waals surface area contributed by atoms with Crippen molar-refractivity contribution in [1.82, 2.24) is 9.55 Å². The Hall–Kier alpha value is -6.25. The first kappa shape index (κ1) is 26.0. The number of nitrogens with zero attached hydrogens (tertiary/aromatic N) is 2. The minimum atomic E-state index is 0.987. The van der Waals surface area contributed by atoms with Crippen LogP contribution in [0.25, 0.3) is 93.3 Å². The van der Waals surface area contributed by atoms with Crippen LogP contribution in [0.4, 0.5) is 0 Å². The Morgan fingerprint density at radius 1 is 0.383 bits per heavy atom. The standard InChI is InChI=1S/C45H28N2/c1-3-13-42-37(10-1)38-11-2-4-14-43(38)47(42)34-21-15-29(16-22-34)35-23-17-30-20-26-40-36(24-18-31-19-25-39(35)44(30)45(31)40)32-8-7-9-33(28-32)41-12-5-6-27-46-41/h1-28H. The van der Waals surface area contributed by atoms with Crippen LogP contribution >= 0.6 is 0 Å². The molecule has 2 nitrogen and oxygen atoms in total. The van der Waals surface area contributed by atoms with Crippen LogP contribution in [0.5, 0.6) is 0 Å². The van der Waals surface area contributed by atoms with Gasteiger partial charge in [-0.3, -0.25) is 4.98 Å². The number of para-hydroxylation sites is 2. The lowest BCUT2D eigenvalue weighted by Gasteiger charge is -2.17. The van der Waals surface area contributed by atoms with E-state index in [1.807, 2.05) is 18.3 Å². The van der Waals surface area contributed by atoms with Crippen LogP contribution in [0.1, 0.15) is 0 Å². The maximum Gasteiger partial charge on any atom is 0.0702 e. The molecule has 10 aromatic rings. The van der Waals surface area contributed by atoms with Crippen LogP contribution in [-0.4, -0.2) is 9.55 Å². The molecule has 0 spiro atoms. The van der Waals surface area contributed by atoms with Crippen molar-refractivity contribution < 1.29 is 0 Å². The van der Waals surface area contributed by atoms with Crippen molar-refractivity contribution in [1.29, 1.82) is 0 Å². The summed E-state index contributed by atoms with van der Waals surface area (Å²) in [6.45, 7) is 0. The highest BCUT2D eigenvalue weighted by molar-refractivity contribution is 6.27. The third kappa shape index (κ3) is 3.95. The summed E-state index contributed by atoms with van der Waals surface area (Å²) >= 11 is 0. The molecule has 218 valence electrons. The molecule has 0 radical (unpaired) electrons. The second kappa shape index (κ2) is 10.1. The van der Waals surface area contributed by atoms with Gasteiger partial charge in [0.2, 0.25) is 0 Å². The number of rotatable bonds is 4. The first-order valence-electron chi connectivity index (χ1n) is 16.1. The SMILES string of the molecule is c1ccc(-c2cccc(-c3ccc4ccc5c(-c6ccc(-n7c8ccccc8c8ccccc87)cc6)ccc6ccc3c4c65)c2)nc1. The van der Waals surface area contributed by atoms with Gasteiger partial charge in [0, 0.05) is 28.2 Å². The summed E-state index contributed by atoms with van der Waals surface area (Å²) < 4.78 is 2.38. The summed E-state index contributed by atoms with van der Waals surface area (Å²) in [5, 5.41) is 10.3. The lowest BCUT2D eigenvalue weighted by molar-refractivity contribution is 1.18. The van der Waals surface area contributed by atoms with Crippen LogP contribution in [0.15, 0.2) is 170 Å².